The molecule has 100 valence electrons. The molecule has 0 fully saturated rings. The maximum Gasteiger partial charge on any atom is 0.202 e. The number of carbonyl (C=O) groups excluding carboxylic acids is 1. The van der Waals surface area contributed by atoms with E-state index in [0.717, 1.165) is 22.1 Å². The van der Waals surface area contributed by atoms with Crippen LogP contribution in [-0.2, 0) is 6.42 Å². The number of fused-ring (bicyclic) bond motifs is 1. The molecule has 1 nitrogen and oxygen atoms in total. The van der Waals surface area contributed by atoms with Gasteiger partial charge < -0.3 is 0 Å². The predicted octanol–water partition coefficient (Wildman–Crippen LogP) is 4.83. The first kappa shape index (κ1) is 13.0. The third-order valence-electron chi connectivity index (χ3n) is 3.30. The van der Waals surface area contributed by atoms with E-state index in [9.17, 15) is 9.18 Å². The lowest BCUT2D eigenvalue weighted by Gasteiger charge is -2.01. The molecule has 1 aromatic heterocycles. The minimum Gasteiger partial charge on any atom is -0.288 e. The summed E-state index contributed by atoms with van der Waals surface area (Å²) in [4.78, 5) is 13.1. The van der Waals surface area contributed by atoms with Crippen molar-refractivity contribution >= 4 is 27.2 Å². The second kappa shape index (κ2) is 5.17. The van der Waals surface area contributed by atoms with Crippen molar-refractivity contribution in [3.8, 4) is 0 Å². The predicted molar refractivity (Wildman–Crippen MR) is 81.0 cm³/mol. The number of halogens is 1. The van der Waals surface area contributed by atoms with Crippen molar-refractivity contribution in [1.29, 1.82) is 0 Å². The quantitative estimate of drug-likeness (QED) is 0.629. The maximum atomic E-state index is 13.2. The van der Waals surface area contributed by atoms with Crippen LogP contribution in [0.5, 0.6) is 0 Å². The molecule has 0 atom stereocenters. The van der Waals surface area contributed by atoms with E-state index in [1.807, 2.05) is 30.3 Å². The number of rotatable bonds is 3. The van der Waals surface area contributed by atoms with Crippen LogP contribution in [0.25, 0.3) is 10.1 Å². The lowest BCUT2D eigenvalue weighted by molar-refractivity contribution is 0.104. The van der Waals surface area contributed by atoms with Crippen LogP contribution in [0, 0.1) is 5.82 Å². The minimum absolute atomic E-state index is 0.00177. The van der Waals surface area contributed by atoms with E-state index in [2.05, 4.69) is 6.92 Å². The average Bonchev–Trinajstić information content (AvgIpc) is 2.89. The molecule has 0 bridgehead atoms. The SMILES string of the molecule is CCc1cccc(C(=O)c2cc3ccc(F)cc3s2)c1. The molecule has 0 aliphatic heterocycles. The first-order valence-corrected chi connectivity index (χ1v) is 7.32. The van der Waals surface area contributed by atoms with Gasteiger partial charge in [-0.1, -0.05) is 31.2 Å². The summed E-state index contributed by atoms with van der Waals surface area (Å²) in [6.07, 6.45) is 0.902. The third kappa shape index (κ3) is 2.37. The number of hydrogen-bond acceptors (Lipinski definition) is 2. The van der Waals surface area contributed by atoms with Crippen LogP contribution in [0.15, 0.2) is 48.5 Å². The highest BCUT2D eigenvalue weighted by atomic mass is 32.1. The van der Waals surface area contributed by atoms with Crippen molar-refractivity contribution in [3.63, 3.8) is 0 Å². The van der Waals surface area contributed by atoms with E-state index in [0.29, 0.717) is 10.4 Å². The van der Waals surface area contributed by atoms with E-state index in [4.69, 9.17) is 0 Å². The van der Waals surface area contributed by atoms with Crippen molar-refractivity contribution < 1.29 is 9.18 Å². The average molecular weight is 284 g/mol. The molecule has 0 unspecified atom stereocenters. The second-order valence-corrected chi connectivity index (χ2v) is 5.76. The van der Waals surface area contributed by atoms with Gasteiger partial charge in [-0.05, 0) is 41.6 Å². The van der Waals surface area contributed by atoms with Gasteiger partial charge in [0.15, 0.2) is 0 Å². The zero-order valence-corrected chi connectivity index (χ0v) is 11.8. The fourth-order valence-electron chi connectivity index (χ4n) is 2.19. The number of ketones is 1. The van der Waals surface area contributed by atoms with Gasteiger partial charge in [-0.25, -0.2) is 4.39 Å². The molecule has 0 saturated heterocycles. The van der Waals surface area contributed by atoms with Crippen LogP contribution in [-0.4, -0.2) is 5.78 Å². The smallest absolute Gasteiger partial charge is 0.202 e. The summed E-state index contributed by atoms with van der Waals surface area (Å²) in [6, 6.07) is 14.1. The molecular weight excluding hydrogens is 271 g/mol. The van der Waals surface area contributed by atoms with Crippen LogP contribution in [0.1, 0.15) is 27.7 Å². The monoisotopic (exact) mass is 284 g/mol. The molecular formula is C17H13FOS. The van der Waals surface area contributed by atoms with Crippen LogP contribution in [0.4, 0.5) is 4.39 Å². The number of carbonyl (C=O) groups is 1. The van der Waals surface area contributed by atoms with Gasteiger partial charge in [0.2, 0.25) is 5.78 Å². The lowest BCUT2D eigenvalue weighted by Crippen LogP contribution is -1.99. The molecule has 0 amide bonds. The van der Waals surface area contributed by atoms with Crippen molar-refractivity contribution in [2.24, 2.45) is 0 Å². The molecule has 0 saturated carbocycles. The zero-order chi connectivity index (χ0) is 14.1. The standard InChI is InChI=1S/C17H13FOS/c1-2-11-4-3-5-13(8-11)17(19)16-9-12-6-7-14(18)10-15(12)20-16/h3-10H,2H2,1H3. The van der Waals surface area contributed by atoms with Crippen molar-refractivity contribution in [2.45, 2.75) is 13.3 Å². The summed E-state index contributed by atoms with van der Waals surface area (Å²) in [5.74, 6) is -0.270. The Morgan fingerprint density at radius 3 is 2.80 bits per heavy atom. The third-order valence-corrected chi connectivity index (χ3v) is 4.40. The molecule has 2 aromatic carbocycles. The molecule has 3 aromatic rings. The van der Waals surface area contributed by atoms with E-state index < -0.39 is 0 Å². The van der Waals surface area contributed by atoms with Crippen molar-refractivity contribution in [3.05, 3.63) is 70.4 Å². The van der Waals surface area contributed by atoms with Gasteiger partial charge in [-0.15, -0.1) is 11.3 Å². The zero-order valence-electron chi connectivity index (χ0n) is 11.0. The van der Waals surface area contributed by atoms with Crippen molar-refractivity contribution in [1.82, 2.24) is 0 Å². The van der Waals surface area contributed by atoms with E-state index in [1.165, 1.54) is 23.5 Å². The lowest BCUT2D eigenvalue weighted by atomic mass is 10.0. The number of aryl methyl sites for hydroxylation is 1. The van der Waals surface area contributed by atoms with Gasteiger partial charge in [0.05, 0.1) is 4.88 Å². The van der Waals surface area contributed by atoms with Crippen molar-refractivity contribution in [2.75, 3.05) is 0 Å². The summed E-state index contributed by atoms with van der Waals surface area (Å²) >= 11 is 1.34. The Morgan fingerprint density at radius 1 is 1.15 bits per heavy atom. The Labute approximate surface area is 120 Å². The van der Waals surface area contributed by atoms with Gasteiger partial charge in [-0.2, -0.15) is 0 Å². The highest BCUT2D eigenvalue weighted by Gasteiger charge is 2.13. The molecule has 1 heterocycles. The largest absolute Gasteiger partial charge is 0.288 e. The number of hydrogen-bond donors (Lipinski definition) is 0. The van der Waals surface area contributed by atoms with Gasteiger partial charge in [-0.3, -0.25) is 4.79 Å². The van der Waals surface area contributed by atoms with Gasteiger partial charge >= 0.3 is 0 Å². The number of thiophene rings is 1. The fraction of sp³-hybridized carbons (Fsp3) is 0.118. The van der Waals surface area contributed by atoms with Gasteiger partial charge in [0.25, 0.3) is 0 Å². The van der Waals surface area contributed by atoms with Gasteiger partial charge in [0.1, 0.15) is 5.82 Å². The van der Waals surface area contributed by atoms with Crippen LogP contribution >= 0.6 is 11.3 Å². The minimum atomic E-state index is -0.272. The first-order chi connectivity index (χ1) is 9.67. The molecule has 0 radical (unpaired) electrons. The molecule has 20 heavy (non-hydrogen) atoms. The molecule has 0 aliphatic carbocycles. The summed E-state index contributed by atoms with van der Waals surface area (Å²) in [7, 11) is 0. The van der Waals surface area contributed by atoms with E-state index in [-0.39, 0.29) is 11.6 Å². The molecule has 0 N–H and O–H groups in total. The highest BCUT2D eigenvalue weighted by Crippen LogP contribution is 2.28. The number of benzene rings is 2. The normalized spacial score (nSPS) is 10.9. The summed E-state index contributed by atoms with van der Waals surface area (Å²) < 4.78 is 14.0. The fourth-order valence-corrected chi connectivity index (χ4v) is 3.24. The molecule has 3 heteroatoms. The summed E-state index contributed by atoms with van der Waals surface area (Å²) in [5.41, 5.74) is 1.83. The Hall–Kier alpha value is -2.00. The van der Waals surface area contributed by atoms with Gasteiger partial charge in [0, 0.05) is 10.3 Å². The Morgan fingerprint density at radius 2 is 2.00 bits per heavy atom. The Kier molecular flexibility index (Phi) is 3.36. The molecule has 0 aliphatic rings. The van der Waals surface area contributed by atoms with Crippen LogP contribution in [0.2, 0.25) is 0 Å². The van der Waals surface area contributed by atoms with E-state index >= 15 is 0 Å². The topological polar surface area (TPSA) is 17.1 Å². The van der Waals surface area contributed by atoms with E-state index in [1.54, 1.807) is 6.07 Å². The molecule has 3 rings (SSSR count). The van der Waals surface area contributed by atoms with Crippen LogP contribution < -0.4 is 0 Å². The Bertz CT molecular complexity index is 789. The first-order valence-electron chi connectivity index (χ1n) is 6.50. The summed E-state index contributed by atoms with van der Waals surface area (Å²) in [6.45, 7) is 2.06. The maximum absolute atomic E-state index is 13.2. The molecule has 0 spiro atoms. The Balaban J connectivity index is 2.03. The van der Waals surface area contributed by atoms with Crippen LogP contribution in [0.3, 0.4) is 0 Å². The summed E-state index contributed by atoms with van der Waals surface area (Å²) in [5, 5.41) is 0.909. The second-order valence-electron chi connectivity index (χ2n) is 4.68. The highest BCUT2D eigenvalue weighted by molar-refractivity contribution is 7.21.